The first-order valence-electron chi connectivity index (χ1n) is 9.58. The molecule has 2 aromatic carbocycles. The van der Waals surface area contributed by atoms with E-state index < -0.39 is 24.0 Å². The topological polar surface area (TPSA) is 125 Å². The highest BCUT2D eigenvalue weighted by Crippen LogP contribution is 2.40. The minimum Gasteiger partial charge on any atom is -0.506 e. The van der Waals surface area contributed by atoms with Gasteiger partial charge in [-0.1, -0.05) is 47.1 Å². The van der Waals surface area contributed by atoms with Crippen molar-refractivity contribution in [2.24, 2.45) is 5.92 Å². The molecule has 0 saturated carbocycles. The van der Waals surface area contributed by atoms with Crippen molar-refractivity contribution in [3.8, 4) is 5.75 Å². The average molecular weight is 570 g/mol. The number of carbonyl (C=O) groups excluding carboxylic acids is 3. The molecular formula is C22H22Br2N2O6. The maximum absolute atomic E-state index is 12.5. The molecule has 0 unspecified atom stereocenters. The number of phenols is 1. The molecule has 2 atom stereocenters. The highest BCUT2D eigenvalue weighted by Gasteiger charge is 2.28. The summed E-state index contributed by atoms with van der Waals surface area (Å²) >= 11 is 6.63. The minimum absolute atomic E-state index is 0.0950. The number of hydroxylamine groups is 1. The molecule has 0 aliphatic carbocycles. The molecule has 0 spiro atoms. The van der Waals surface area contributed by atoms with Gasteiger partial charge in [-0.3, -0.25) is 20.1 Å². The van der Waals surface area contributed by atoms with Gasteiger partial charge < -0.3 is 9.84 Å². The van der Waals surface area contributed by atoms with Gasteiger partial charge in [-0.2, -0.15) is 0 Å². The summed E-state index contributed by atoms with van der Waals surface area (Å²) in [5.41, 5.74) is 2.15. The number of halogens is 2. The van der Waals surface area contributed by atoms with Crippen LogP contribution in [0, 0.1) is 5.92 Å². The molecule has 10 heteroatoms. The molecular weight excluding hydrogens is 548 g/mol. The molecule has 0 aliphatic heterocycles. The Labute approximate surface area is 201 Å². The quantitative estimate of drug-likeness (QED) is 0.201. The summed E-state index contributed by atoms with van der Waals surface area (Å²) in [5, 5.41) is 21.3. The molecule has 32 heavy (non-hydrogen) atoms. The zero-order valence-electron chi connectivity index (χ0n) is 17.0. The zero-order valence-corrected chi connectivity index (χ0v) is 20.2. The second-order valence-electron chi connectivity index (χ2n) is 6.90. The maximum Gasteiger partial charge on any atom is 0.414 e. The Kier molecular flexibility index (Phi) is 9.89. The fourth-order valence-electron chi connectivity index (χ4n) is 2.93. The van der Waals surface area contributed by atoms with E-state index in [2.05, 4.69) is 37.2 Å². The molecule has 2 aromatic rings. The van der Waals surface area contributed by atoms with Crippen LogP contribution in [0.1, 0.15) is 41.8 Å². The fourth-order valence-corrected chi connectivity index (χ4v) is 4.18. The lowest BCUT2D eigenvalue weighted by atomic mass is 9.92. The van der Waals surface area contributed by atoms with Gasteiger partial charge in [0.05, 0.1) is 4.47 Å². The highest BCUT2D eigenvalue weighted by atomic mass is 79.9. The molecule has 2 rings (SSSR count). The molecule has 8 nitrogen and oxygen atoms in total. The Morgan fingerprint density at radius 1 is 1.16 bits per heavy atom. The van der Waals surface area contributed by atoms with Crippen LogP contribution in [-0.4, -0.2) is 28.2 Å². The van der Waals surface area contributed by atoms with Gasteiger partial charge in [-0.25, -0.2) is 10.3 Å². The van der Waals surface area contributed by atoms with E-state index in [4.69, 9.17) is 9.94 Å². The Morgan fingerprint density at radius 3 is 2.50 bits per heavy atom. The van der Waals surface area contributed by atoms with Gasteiger partial charge in [-0.05, 0) is 59.0 Å². The van der Waals surface area contributed by atoms with Gasteiger partial charge in [0, 0.05) is 21.7 Å². The lowest BCUT2D eigenvalue weighted by Gasteiger charge is -2.25. The first kappa shape index (κ1) is 25.6. The van der Waals surface area contributed by atoms with E-state index in [0.717, 1.165) is 0 Å². The number of amides is 3. The van der Waals surface area contributed by atoms with Crippen molar-refractivity contribution in [2.75, 3.05) is 0 Å². The summed E-state index contributed by atoms with van der Waals surface area (Å²) in [6.45, 7) is 1.81. The van der Waals surface area contributed by atoms with Crippen molar-refractivity contribution in [2.45, 2.75) is 25.9 Å². The standard InChI is InChI=1S/C22H22Br2N2O6/c1-13(7-5-6-10-18(27)26-31)20(16-11-15(23)12-17(24)19(16)28)32-22(30)25-21(29)14-8-3-2-4-9-14/h2-4,6,8-13,20,28,31H,5,7H2,1H3,(H,26,27)(H,25,29,30)/b10-6+/t13-,20+/m0/s1. The number of hydrogen-bond acceptors (Lipinski definition) is 6. The average Bonchev–Trinajstić information content (AvgIpc) is 2.77. The molecule has 0 bridgehead atoms. The summed E-state index contributed by atoms with van der Waals surface area (Å²) in [6.07, 6.45) is 1.81. The number of ether oxygens (including phenoxy) is 1. The van der Waals surface area contributed by atoms with Gasteiger partial charge in [0.1, 0.15) is 11.9 Å². The number of aromatic hydroxyl groups is 1. The monoisotopic (exact) mass is 568 g/mol. The number of rotatable bonds is 8. The fraction of sp³-hybridized carbons (Fsp3) is 0.227. The van der Waals surface area contributed by atoms with E-state index >= 15 is 0 Å². The minimum atomic E-state index is -0.957. The van der Waals surface area contributed by atoms with Crippen LogP contribution >= 0.6 is 31.9 Å². The van der Waals surface area contributed by atoms with Gasteiger partial charge in [0.2, 0.25) is 0 Å². The number of imide groups is 1. The summed E-state index contributed by atoms with van der Waals surface area (Å²) in [4.78, 5) is 35.9. The SMILES string of the molecule is C[C@@H](CC/C=C/C(=O)NO)[C@@H](OC(=O)NC(=O)c1ccccc1)c1cc(Br)cc(Br)c1O. The molecule has 170 valence electrons. The number of allylic oxidation sites excluding steroid dienone is 1. The van der Waals surface area contributed by atoms with Gasteiger partial charge in [-0.15, -0.1) is 0 Å². The number of carbonyl (C=O) groups is 3. The van der Waals surface area contributed by atoms with Crippen molar-refractivity contribution in [1.82, 2.24) is 10.8 Å². The van der Waals surface area contributed by atoms with E-state index in [9.17, 15) is 19.5 Å². The second kappa shape index (κ2) is 12.4. The van der Waals surface area contributed by atoms with E-state index in [1.165, 1.54) is 11.6 Å². The van der Waals surface area contributed by atoms with Crippen molar-refractivity contribution in [3.63, 3.8) is 0 Å². The van der Waals surface area contributed by atoms with Crippen molar-refractivity contribution in [3.05, 3.63) is 74.7 Å². The van der Waals surface area contributed by atoms with Crippen LogP contribution in [0.15, 0.2) is 63.6 Å². The summed E-state index contributed by atoms with van der Waals surface area (Å²) in [5.74, 6) is -1.67. The molecule has 0 fully saturated rings. The smallest absolute Gasteiger partial charge is 0.414 e. The van der Waals surface area contributed by atoms with E-state index in [1.807, 2.05) is 6.92 Å². The highest BCUT2D eigenvalue weighted by molar-refractivity contribution is 9.11. The molecule has 0 saturated heterocycles. The van der Waals surface area contributed by atoms with Crippen LogP contribution < -0.4 is 10.8 Å². The third-order valence-corrected chi connectivity index (χ3v) is 5.60. The molecule has 4 N–H and O–H groups in total. The van der Waals surface area contributed by atoms with Crippen molar-refractivity contribution in [1.29, 1.82) is 0 Å². The molecule has 0 heterocycles. The van der Waals surface area contributed by atoms with E-state index in [-0.39, 0.29) is 11.7 Å². The van der Waals surface area contributed by atoms with Crippen molar-refractivity contribution < 1.29 is 29.4 Å². The number of phenolic OH excluding ortho intramolecular Hbond substituents is 1. The third kappa shape index (κ3) is 7.47. The molecule has 0 radical (unpaired) electrons. The Bertz CT molecular complexity index is 997. The second-order valence-corrected chi connectivity index (χ2v) is 8.67. The number of alkyl carbamates (subject to hydrolysis) is 1. The largest absolute Gasteiger partial charge is 0.506 e. The first-order chi connectivity index (χ1) is 15.2. The third-order valence-electron chi connectivity index (χ3n) is 4.53. The van der Waals surface area contributed by atoms with Crippen LogP contribution in [0.2, 0.25) is 0 Å². The van der Waals surface area contributed by atoms with Crippen LogP contribution in [0.5, 0.6) is 5.75 Å². The Hall–Kier alpha value is -2.69. The number of nitrogens with one attached hydrogen (secondary N) is 2. The normalized spacial score (nSPS) is 12.8. The van der Waals surface area contributed by atoms with Gasteiger partial charge >= 0.3 is 6.09 Å². The maximum atomic E-state index is 12.5. The van der Waals surface area contributed by atoms with Crippen molar-refractivity contribution >= 4 is 49.8 Å². The summed E-state index contributed by atoms with van der Waals surface area (Å²) in [6, 6.07) is 11.5. The summed E-state index contributed by atoms with van der Waals surface area (Å²) < 4.78 is 6.62. The molecule has 3 amide bonds. The van der Waals surface area contributed by atoms with Crippen LogP contribution in [0.4, 0.5) is 4.79 Å². The summed E-state index contributed by atoms with van der Waals surface area (Å²) in [7, 11) is 0. The number of hydrogen-bond donors (Lipinski definition) is 4. The Balaban J connectivity index is 2.20. The van der Waals surface area contributed by atoms with Gasteiger partial charge in [0.15, 0.2) is 0 Å². The van der Waals surface area contributed by atoms with Crippen LogP contribution in [0.3, 0.4) is 0 Å². The molecule has 0 aromatic heterocycles. The zero-order chi connectivity index (χ0) is 23.7. The predicted octanol–water partition coefficient (Wildman–Crippen LogP) is 5.00. The van der Waals surface area contributed by atoms with E-state index in [1.54, 1.807) is 48.5 Å². The lowest BCUT2D eigenvalue weighted by molar-refractivity contribution is -0.124. The first-order valence-corrected chi connectivity index (χ1v) is 11.2. The predicted molar refractivity (Wildman–Crippen MR) is 124 cm³/mol. The van der Waals surface area contributed by atoms with Crippen LogP contribution in [-0.2, 0) is 9.53 Å². The Morgan fingerprint density at radius 2 is 1.84 bits per heavy atom. The lowest BCUT2D eigenvalue weighted by Crippen LogP contribution is -2.33. The number of benzene rings is 2. The van der Waals surface area contributed by atoms with Gasteiger partial charge in [0.25, 0.3) is 11.8 Å². The van der Waals surface area contributed by atoms with E-state index in [0.29, 0.717) is 32.9 Å². The van der Waals surface area contributed by atoms with Crippen LogP contribution in [0.25, 0.3) is 0 Å². The molecule has 0 aliphatic rings.